The number of carbonyl (C=O) groups excluding carboxylic acids is 2. The number of aromatic nitrogens is 2. The van der Waals surface area contributed by atoms with Crippen LogP contribution in [-0.2, 0) is 17.8 Å². The summed E-state index contributed by atoms with van der Waals surface area (Å²) < 4.78 is 15.0. The maximum Gasteiger partial charge on any atom is 0.254 e. The minimum absolute atomic E-state index is 0.00990. The number of amides is 2. The molecule has 3 aromatic carbocycles. The van der Waals surface area contributed by atoms with Crippen LogP contribution in [0.15, 0.2) is 91.3 Å². The van der Waals surface area contributed by atoms with E-state index in [1.54, 1.807) is 23.2 Å². The van der Waals surface area contributed by atoms with Crippen LogP contribution in [-0.4, -0.2) is 57.6 Å². The zero-order valence-electron chi connectivity index (χ0n) is 19.9. The Morgan fingerprint density at radius 3 is 2.14 bits per heavy atom. The molecular weight excluding hydrogens is 455 g/mol. The molecule has 1 fully saturated rings. The minimum Gasteiger partial charge on any atom is -0.339 e. The number of benzene rings is 3. The predicted octanol–water partition coefficient (Wildman–Crippen LogP) is 4.26. The van der Waals surface area contributed by atoms with Gasteiger partial charge in [-0.05, 0) is 46.5 Å². The van der Waals surface area contributed by atoms with Crippen molar-refractivity contribution in [2.45, 2.75) is 13.0 Å². The van der Waals surface area contributed by atoms with Gasteiger partial charge in [-0.2, -0.15) is 5.10 Å². The molecular formula is C29H27FN4O2. The smallest absolute Gasteiger partial charge is 0.254 e. The van der Waals surface area contributed by atoms with Crippen molar-refractivity contribution in [1.29, 1.82) is 0 Å². The van der Waals surface area contributed by atoms with E-state index in [1.165, 1.54) is 12.1 Å². The second kappa shape index (κ2) is 10.6. The normalized spacial score (nSPS) is 13.6. The number of hydrogen-bond acceptors (Lipinski definition) is 3. The number of nitrogens with zero attached hydrogens (tertiary/aromatic N) is 4. The molecule has 0 aliphatic carbocycles. The van der Waals surface area contributed by atoms with E-state index < -0.39 is 0 Å². The van der Waals surface area contributed by atoms with Crippen LogP contribution in [0.1, 0.15) is 21.5 Å². The van der Waals surface area contributed by atoms with Crippen molar-refractivity contribution in [2.75, 3.05) is 26.2 Å². The van der Waals surface area contributed by atoms with E-state index in [-0.39, 0.29) is 24.1 Å². The van der Waals surface area contributed by atoms with E-state index in [0.29, 0.717) is 38.3 Å². The van der Waals surface area contributed by atoms with E-state index in [1.807, 2.05) is 58.2 Å². The molecule has 7 heteroatoms. The largest absolute Gasteiger partial charge is 0.339 e. The lowest BCUT2D eigenvalue weighted by molar-refractivity contribution is -0.131. The Morgan fingerprint density at radius 1 is 0.778 bits per heavy atom. The van der Waals surface area contributed by atoms with Gasteiger partial charge in [-0.1, -0.05) is 54.6 Å². The Balaban J connectivity index is 1.23. The third-order valence-electron chi connectivity index (χ3n) is 6.51. The van der Waals surface area contributed by atoms with Gasteiger partial charge < -0.3 is 9.80 Å². The van der Waals surface area contributed by atoms with Crippen LogP contribution in [0.25, 0.3) is 11.1 Å². The molecule has 0 spiro atoms. The molecule has 0 unspecified atom stereocenters. The molecule has 1 saturated heterocycles. The van der Waals surface area contributed by atoms with Gasteiger partial charge in [-0.3, -0.25) is 14.3 Å². The molecule has 0 saturated carbocycles. The van der Waals surface area contributed by atoms with E-state index in [0.717, 1.165) is 22.3 Å². The highest BCUT2D eigenvalue weighted by atomic mass is 19.1. The Hall–Kier alpha value is -4.26. The van der Waals surface area contributed by atoms with Crippen molar-refractivity contribution in [3.05, 3.63) is 114 Å². The summed E-state index contributed by atoms with van der Waals surface area (Å²) in [6, 6.07) is 23.7. The van der Waals surface area contributed by atoms with E-state index >= 15 is 0 Å². The van der Waals surface area contributed by atoms with E-state index in [9.17, 15) is 14.0 Å². The maximum atomic E-state index is 13.4. The van der Waals surface area contributed by atoms with Crippen LogP contribution in [0.4, 0.5) is 4.39 Å². The quantitative estimate of drug-likeness (QED) is 0.413. The molecule has 36 heavy (non-hydrogen) atoms. The average Bonchev–Trinajstić information content (AvgIpc) is 3.43. The second-order valence-electron chi connectivity index (χ2n) is 8.92. The maximum absolute atomic E-state index is 13.4. The van der Waals surface area contributed by atoms with Gasteiger partial charge in [-0.15, -0.1) is 0 Å². The Kier molecular flexibility index (Phi) is 6.89. The molecule has 1 aromatic heterocycles. The molecule has 2 amide bonds. The number of carbonyl (C=O) groups is 2. The zero-order chi connectivity index (χ0) is 24.9. The molecule has 2 heterocycles. The van der Waals surface area contributed by atoms with E-state index in [4.69, 9.17) is 0 Å². The van der Waals surface area contributed by atoms with Crippen molar-refractivity contribution in [1.82, 2.24) is 19.6 Å². The second-order valence-corrected chi connectivity index (χ2v) is 8.92. The number of piperazine rings is 1. The van der Waals surface area contributed by atoms with Crippen LogP contribution in [0.3, 0.4) is 0 Å². The summed E-state index contributed by atoms with van der Waals surface area (Å²) in [5.74, 6) is -0.357. The average molecular weight is 483 g/mol. The van der Waals surface area contributed by atoms with Crippen LogP contribution in [0, 0.1) is 5.82 Å². The van der Waals surface area contributed by atoms with Gasteiger partial charge in [0.2, 0.25) is 5.91 Å². The van der Waals surface area contributed by atoms with Crippen molar-refractivity contribution >= 4 is 11.8 Å². The molecule has 182 valence electrons. The number of halogens is 1. The van der Waals surface area contributed by atoms with Gasteiger partial charge >= 0.3 is 0 Å². The first-order valence-corrected chi connectivity index (χ1v) is 12.0. The first-order valence-electron chi connectivity index (χ1n) is 12.0. The highest BCUT2D eigenvalue weighted by molar-refractivity contribution is 6.01. The number of rotatable bonds is 6. The van der Waals surface area contributed by atoms with Crippen LogP contribution in [0.5, 0.6) is 0 Å². The third-order valence-corrected chi connectivity index (χ3v) is 6.51. The van der Waals surface area contributed by atoms with Crippen LogP contribution in [0.2, 0.25) is 0 Å². The zero-order valence-corrected chi connectivity index (χ0v) is 19.9. The topological polar surface area (TPSA) is 58.4 Å². The lowest BCUT2D eigenvalue weighted by atomic mass is 9.97. The fourth-order valence-corrected chi connectivity index (χ4v) is 4.51. The van der Waals surface area contributed by atoms with Gasteiger partial charge in [0.25, 0.3) is 5.91 Å². The Bertz CT molecular complexity index is 1330. The monoisotopic (exact) mass is 482 g/mol. The van der Waals surface area contributed by atoms with Gasteiger partial charge in [0.15, 0.2) is 0 Å². The lowest BCUT2D eigenvalue weighted by Crippen LogP contribution is -2.51. The summed E-state index contributed by atoms with van der Waals surface area (Å²) in [6.45, 7) is 2.61. The summed E-state index contributed by atoms with van der Waals surface area (Å²) in [4.78, 5) is 29.7. The molecule has 0 atom stereocenters. The van der Waals surface area contributed by atoms with Crippen LogP contribution < -0.4 is 0 Å². The van der Waals surface area contributed by atoms with Crippen molar-refractivity contribution in [3.63, 3.8) is 0 Å². The summed E-state index contributed by atoms with van der Waals surface area (Å²) in [7, 11) is 0. The molecule has 1 aliphatic heterocycles. The Labute approximate surface area is 209 Å². The van der Waals surface area contributed by atoms with Crippen molar-refractivity contribution in [2.24, 2.45) is 0 Å². The lowest BCUT2D eigenvalue weighted by Gasteiger charge is -2.35. The van der Waals surface area contributed by atoms with Gasteiger partial charge in [0.1, 0.15) is 5.82 Å². The standard InChI is InChI=1S/C29H27FN4O2/c30-25-12-8-22(9-13-25)20-28(35)32-16-18-33(19-17-32)29(36)27-5-2-1-4-26(27)24-10-6-23(7-11-24)21-34-15-3-14-31-34/h1-15H,16-21H2. The molecule has 4 aromatic rings. The summed E-state index contributed by atoms with van der Waals surface area (Å²) in [5.41, 5.74) is 4.44. The van der Waals surface area contributed by atoms with Crippen molar-refractivity contribution < 1.29 is 14.0 Å². The first kappa shape index (κ1) is 23.5. The highest BCUT2D eigenvalue weighted by Crippen LogP contribution is 2.26. The molecule has 6 nitrogen and oxygen atoms in total. The SMILES string of the molecule is O=C(Cc1ccc(F)cc1)N1CCN(C(=O)c2ccccc2-c2ccc(Cn3cccn3)cc2)CC1. The van der Waals surface area contributed by atoms with Crippen molar-refractivity contribution in [3.8, 4) is 11.1 Å². The Morgan fingerprint density at radius 2 is 1.44 bits per heavy atom. The first-order chi connectivity index (χ1) is 17.6. The van der Waals surface area contributed by atoms with E-state index in [2.05, 4.69) is 17.2 Å². The molecule has 5 rings (SSSR count). The molecule has 0 N–H and O–H groups in total. The summed E-state index contributed by atoms with van der Waals surface area (Å²) in [5, 5.41) is 4.25. The van der Waals surface area contributed by atoms with Gasteiger partial charge in [0.05, 0.1) is 13.0 Å². The van der Waals surface area contributed by atoms with Gasteiger partial charge in [-0.25, -0.2) is 4.39 Å². The molecule has 0 bridgehead atoms. The number of hydrogen-bond donors (Lipinski definition) is 0. The summed E-state index contributed by atoms with van der Waals surface area (Å²) in [6.07, 6.45) is 3.92. The predicted molar refractivity (Wildman–Crippen MR) is 136 cm³/mol. The third kappa shape index (κ3) is 5.35. The summed E-state index contributed by atoms with van der Waals surface area (Å²) >= 11 is 0. The van der Waals surface area contributed by atoms with Gasteiger partial charge in [0, 0.05) is 44.1 Å². The van der Waals surface area contributed by atoms with Crippen LogP contribution >= 0.6 is 0 Å². The molecule has 0 radical (unpaired) electrons. The minimum atomic E-state index is -0.316. The fraction of sp³-hybridized carbons (Fsp3) is 0.207. The fourth-order valence-electron chi connectivity index (χ4n) is 4.51. The highest BCUT2D eigenvalue weighted by Gasteiger charge is 2.26. The molecule has 1 aliphatic rings.